The molecule has 0 aliphatic rings. The van der Waals surface area contributed by atoms with Gasteiger partial charge in [-0.3, -0.25) is 0 Å². The van der Waals surface area contributed by atoms with Gasteiger partial charge in [-0.1, -0.05) is 12.7 Å². The maximum atomic E-state index is 5.22. The van der Waals surface area contributed by atoms with Gasteiger partial charge in [-0.25, -0.2) is 0 Å². The summed E-state index contributed by atoms with van der Waals surface area (Å²) in [6.45, 7) is 6.35. The molecule has 12 heavy (non-hydrogen) atoms. The van der Waals surface area contributed by atoms with Gasteiger partial charge in [0, 0.05) is 18.6 Å². The summed E-state index contributed by atoms with van der Waals surface area (Å²) >= 11 is 0. The van der Waals surface area contributed by atoms with Crippen LogP contribution in [0.25, 0.3) is 6.08 Å². The van der Waals surface area contributed by atoms with E-state index >= 15 is 0 Å². The zero-order valence-corrected chi connectivity index (χ0v) is 7.25. The molecule has 0 bridgehead atoms. The van der Waals surface area contributed by atoms with Crippen LogP contribution >= 0.6 is 0 Å². The third kappa shape index (κ3) is 1.73. The molecule has 1 rings (SSSR count). The number of terminal acetylenes is 1. The Hall–Kier alpha value is -1.55. The Morgan fingerprint density at radius 1 is 1.67 bits per heavy atom. The Labute approximate surface area is 73.4 Å². The van der Waals surface area contributed by atoms with Gasteiger partial charge in [0.25, 0.3) is 0 Å². The van der Waals surface area contributed by atoms with Crippen molar-refractivity contribution in [3.63, 3.8) is 0 Å². The fraction of sp³-hybridized carbons (Fsp3) is 0.182. The lowest BCUT2D eigenvalue weighted by atomic mass is 10.2. The summed E-state index contributed by atoms with van der Waals surface area (Å²) in [5, 5.41) is 0. The maximum Gasteiger partial charge on any atom is 0.209 e. The van der Waals surface area contributed by atoms with E-state index in [9.17, 15) is 0 Å². The van der Waals surface area contributed by atoms with Crippen molar-refractivity contribution in [2.45, 2.75) is 13.5 Å². The van der Waals surface area contributed by atoms with Crippen molar-refractivity contribution in [2.75, 3.05) is 0 Å². The standard InChI is InChI=1S/C11H12N/c1-4-8-12-9-11(5-2)7-6-10(12)3/h1,5-7,9H,2,8H2,3H3/q+1. The van der Waals surface area contributed by atoms with Crippen molar-refractivity contribution in [1.29, 1.82) is 0 Å². The highest BCUT2D eigenvalue weighted by molar-refractivity contribution is 5.43. The first-order valence-electron chi connectivity index (χ1n) is 3.84. The molecule has 60 valence electrons. The number of pyridine rings is 1. The van der Waals surface area contributed by atoms with E-state index in [1.165, 1.54) is 5.69 Å². The number of aromatic nitrogens is 1. The van der Waals surface area contributed by atoms with Crippen molar-refractivity contribution in [3.8, 4) is 12.3 Å². The van der Waals surface area contributed by atoms with Gasteiger partial charge in [0.1, 0.15) is 0 Å². The number of hydrogen-bond donors (Lipinski definition) is 0. The van der Waals surface area contributed by atoms with E-state index in [4.69, 9.17) is 6.42 Å². The normalized spacial score (nSPS) is 9.00. The summed E-state index contributed by atoms with van der Waals surface area (Å²) < 4.78 is 2.02. The van der Waals surface area contributed by atoms with Crippen LogP contribution in [-0.2, 0) is 6.54 Å². The molecule has 0 spiro atoms. The quantitative estimate of drug-likeness (QED) is 0.454. The average molecular weight is 158 g/mol. The van der Waals surface area contributed by atoms with Gasteiger partial charge < -0.3 is 0 Å². The Kier molecular flexibility index (Phi) is 2.66. The highest BCUT2D eigenvalue weighted by atomic mass is 14.9. The van der Waals surface area contributed by atoms with Crippen LogP contribution in [0.1, 0.15) is 11.3 Å². The number of aryl methyl sites for hydroxylation is 1. The molecule has 0 unspecified atom stereocenters. The molecule has 1 heteroatoms. The van der Waals surface area contributed by atoms with Crippen molar-refractivity contribution >= 4 is 6.08 Å². The van der Waals surface area contributed by atoms with Gasteiger partial charge in [-0.05, 0) is 12.0 Å². The molecule has 1 nitrogen and oxygen atoms in total. The van der Waals surface area contributed by atoms with Crippen LogP contribution in [0.15, 0.2) is 24.9 Å². The fourth-order valence-electron chi connectivity index (χ4n) is 1.03. The van der Waals surface area contributed by atoms with Gasteiger partial charge in [-0.2, -0.15) is 4.57 Å². The van der Waals surface area contributed by atoms with Gasteiger partial charge in [0.15, 0.2) is 11.9 Å². The van der Waals surface area contributed by atoms with E-state index in [0.29, 0.717) is 6.54 Å². The third-order valence-corrected chi connectivity index (χ3v) is 1.77. The van der Waals surface area contributed by atoms with Gasteiger partial charge >= 0.3 is 0 Å². The molecule has 0 fully saturated rings. The molecule has 1 aromatic rings. The van der Waals surface area contributed by atoms with Crippen LogP contribution < -0.4 is 4.57 Å². The molecule has 0 saturated heterocycles. The van der Waals surface area contributed by atoms with Crippen LogP contribution in [0.4, 0.5) is 0 Å². The number of rotatable bonds is 2. The summed E-state index contributed by atoms with van der Waals surface area (Å²) in [7, 11) is 0. The van der Waals surface area contributed by atoms with Crippen molar-refractivity contribution in [3.05, 3.63) is 36.2 Å². The van der Waals surface area contributed by atoms with E-state index in [-0.39, 0.29) is 0 Å². The van der Waals surface area contributed by atoms with E-state index in [2.05, 4.69) is 12.5 Å². The molecule has 0 aromatic carbocycles. The SMILES string of the molecule is C#CC[n+]1cc(C=C)ccc1C. The fourth-order valence-corrected chi connectivity index (χ4v) is 1.03. The molecule has 0 saturated carbocycles. The van der Waals surface area contributed by atoms with E-state index < -0.39 is 0 Å². The van der Waals surface area contributed by atoms with Crippen molar-refractivity contribution in [1.82, 2.24) is 0 Å². The number of nitrogens with zero attached hydrogens (tertiary/aromatic N) is 1. The minimum absolute atomic E-state index is 0.619. The van der Waals surface area contributed by atoms with E-state index in [1.54, 1.807) is 0 Å². The Balaban J connectivity index is 3.09. The van der Waals surface area contributed by atoms with Crippen LogP contribution in [0.2, 0.25) is 0 Å². The van der Waals surface area contributed by atoms with Gasteiger partial charge in [0.2, 0.25) is 6.54 Å². The smallest absolute Gasteiger partial charge is 0.191 e. The molecule has 0 radical (unpaired) electrons. The zero-order chi connectivity index (χ0) is 8.97. The van der Waals surface area contributed by atoms with Crippen LogP contribution in [0, 0.1) is 19.3 Å². The Morgan fingerprint density at radius 3 is 3.00 bits per heavy atom. The lowest BCUT2D eigenvalue weighted by Gasteiger charge is -1.96. The van der Waals surface area contributed by atoms with Crippen molar-refractivity contribution in [2.24, 2.45) is 0 Å². The zero-order valence-electron chi connectivity index (χ0n) is 7.25. The topological polar surface area (TPSA) is 3.88 Å². The summed E-state index contributed by atoms with van der Waals surface area (Å²) in [6.07, 6.45) is 9.04. The Bertz CT molecular complexity index is 331. The molecule has 0 N–H and O–H groups in total. The van der Waals surface area contributed by atoms with Crippen LogP contribution in [0.3, 0.4) is 0 Å². The third-order valence-electron chi connectivity index (χ3n) is 1.77. The highest BCUT2D eigenvalue weighted by Crippen LogP contribution is 1.98. The Morgan fingerprint density at radius 2 is 2.42 bits per heavy atom. The van der Waals surface area contributed by atoms with Gasteiger partial charge in [0.05, 0.1) is 0 Å². The minimum Gasteiger partial charge on any atom is -0.191 e. The monoisotopic (exact) mass is 158 g/mol. The van der Waals surface area contributed by atoms with Gasteiger partial charge in [-0.15, -0.1) is 6.42 Å². The van der Waals surface area contributed by atoms with Crippen LogP contribution in [-0.4, -0.2) is 0 Å². The first-order valence-corrected chi connectivity index (χ1v) is 3.84. The molecule has 0 amide bonds. The molecule has 1 aromatic heterocycles. The lowest BCUT2D eigenvalue weighted by Crippen LogP contribution is -2.36. The molecular formula is C11H12N+. The minimum atomic E-state index is 0.619. The van der Waals surface area contributed by atoms with E-state index in [1.807, 2.05) is 35.9 Å². The van der Waals surface area contributed by atoms with E-state index in [0.717, 1.165) is 5.56 Å². The predicted molar refractivity (Wildman–Crippen MR) is 50.3 cm³/mol. The first kappa shape index (κ1) is 8.55. The second-order valence-electron chi connectivity index (χ2n) is 2.64. The number of hydrogen-bond acceptors (Lipinski definition) is 0. The average Bonchev–Trinajstić information content (AvgIpc) is 2.09. The van der Waals surface area contributed by atoms with Crippen molar-refractivity contribution < 1.29 is 4.57 Å². The maximum absolute atomic E-state index is 5.22. The second-order valence-corrected chi connectivity index (χ2v) is 2.64. The van der Waals surface area contributed by atoms with Crippen LogP contribution in [0.5, 0.6) is 0 Å². The second kappa shape index (κ2) is 3.73. The highest BCUT2D eigenvalue weighted by Gasteiger charge is 2.03. The lowest BCUT2D eigenvalue weighted by molar-refractivity contribution is -0.690. The largest absolute Gasteiger partial charge is 0.209 e. The molecule has 0 aliphatic carbocycles. The molecular weight excluding hydrogens is 146 g/mol. The summed E-state index contributed by atoms with van der Waals surface area (Å²) in [6, 6.07) is 4.06. The predicted octanol–water partition coefficient (Wildman–Crippen LogP) is 1.56. The summed E-state index contributed by atoms with van der Waals surface area (Å²) in [4.78, 5) is 0. The molecule has 1 heterocycles. The first-order chi connectivity index (χ1) is 5.77. The summed E-state index contributed by atoms with van der Waals surface area (Å²) in [5.41, 5.74) is 2.26. The summed E-state index contributed by atoms with van der Waals surface area (Å²) in [5.74, 6) is 2.60. The molecule has 0 atom stereocenters. The molecule has 0 aliphatic heterocycles.